The Morgan fingerprint density at radius 2 is 1.10 bits per heavy atom. The summed E-state index contributed by atoms with van der Waals surface area (Å²) in [7, 11) is 0. The summed E-state index contributed by atoms with van der Waals surface area (Å²) in [6.07, 6.45) is 0. The minimum atomic E-state index is 0.0255. The molecule has 6 rings (SSSR count). The average molecular weight is 594 g/mol. The van der Waals surface area contributed by atoms with Gasteiger partial charge in [0.05, 0.1) is 21.4 Å². The van der Waals surface area contributed by atoms with Crippen LogP contribution in [0.2, 0.25) is 10.0 Å². The van der Waals surface area contributed by atoms with E-state index in [-0.39, 0.29) is 5.41 Å². The van der Waals surface area contributed by atoms with E-state index in [0.29, 0.717) is 10.0 Å². The zero-order valence-electron chi connectivity index (χ0n) is 23.2. The molecule has 0 N–H and O–H groups in total. The molecule has 0 aliphatic carbocycles. The topological polar surface area (TPSA) is 6.48 Å². The summed E-state index contributed by atoms with van der Waals surface area (Å²) in [5, 5.41) is 4.40. The molecule has 0 unspecified atom stereocenters. The molecule has 0 saturated carbocycles. The number of halogens is 2. The number of fused-ring (bicyclic) bond motifs is 1. The molecule has 0 amide bonds. The first-order valence-corrected chi connectivity index (χ1v) is 15.2. The molecule has 0 bridgehead atoms. The largest absolute Gasteiger partial charge is 0.310 e. The zero-order chi connectivity index (χ0) is 28.6. The number of nitrogens with zero attached hydrogens (tertiary/aromatic N) is 2. The van der Waals surface area contributed by atoms with Crippen molar-refractivity contribution in [2.24, 2.45) is 0 Å². The van der Waals surface area contributed by atoms with Gasteiger partial charge in [0.2, 0.25) is 0 Å². The van der Waals surface area contributed by atoms with Crippen LogP contribution in [0.4, 0.5) is 34.1 Å². The second-order valence-corrected chi connectivity index (χ2v) is 12.7. The predicted octanol–water partition coefficient (Wildman–Crippen LogP) is 12.4. The van der Waals surface area contributed by atoms with E-state index < -0.39 is 0 Å². The third-order valence-corrected chi connectivity index (χ3v) is 8.94. The van der Waals surface area contributed by atoms with Crippen LogP contribution >= 0.6 is 34.5 Å². The Morgan fingerprint density at radius 3 is 1.63 bits per heavy atom. The minimum Gasteiger partial charge on any atom is -0.310 e. The number of benzene rings is 5. The maximum Gasteiger partial charge on any atom is 0.0834 e. The van der Waals surface area contributed by atoms with Crippen molar-refractivity contribution in [2.75, 3.05) is 9.80 Å². The lowest BCUT2D eigenvalue weighted by Crippen LogP contribution is -2.14. The Labute approximate surface area is 256 Å². The molecule has 6 aromatic rings. The van der Waals surface area contributed by atoms with E-state index in [0.717, 1.165) is 34.1 Å². The fourth-order valence-corrected chi connectivity index (χ4v) is 6.40. The summed E-state index contributed by atoms with van der Waals surface area (Å²) in [6.45, 7) is 6.74. The van der Waals surface area contributed by atoms with E-state index in [9.17, 15) is 0 Å². The van der Waals surface area contributed by atoms with Crippen LogP contribution in [-0.4, -0.2) is 0 Å². The number of hydrogen-bond acceptors (Lipinski definition) is 3. The Balaban J connectivity index is 1.60. The van der Waals surface area contributed by atoms with E-state index in [4.69, 9.17) is 23.2 Å². The van der Waals surface area contributed by atoms with Gasteiger partial charge in [0.15, 0.2) is 0 Å². The Kier molecular flexibility index (Phi) is 7.52. The first kappa shape index (κ1) is 27.4. The monoisotopic (exact) mass is 592 g/mol. The number of rotatable bonds is 6. The molecule has 1 heterocycles. The van der Waals surface area contributed by atoms with Crippen LogP contribution in [0.1, 0.15) is 26.3 Å². The highest BCUT2D eigenvalue weighted by Gasteiger charge is 2.24. The molecule has 0 aliphatic rings. The standard InChI is InChI=1S/C36H30Cl2N2S/c1-36(2,3)25-19-20-34-30(21-25)33(24-41-34)40(28-17-11-6-12-18-28)32-23-29(22-31(37)35(32)38)39(26-13-7-4-8-14-26)27-15-9-5-10-16-27/h4-24H,1-3H3. The highest BCUT2D eigenvalue weighted by molar-refractivity contribution is 7.17. The number of hydrogen-bond donors (Lipinski definition) is 0. The van der Waals surface area contributed by atoms with Crippen molar-refractivity contribution in [1.82, 2.24) is 0 Å². The van der Waals surface area contributed by atoms with Gasteiger partial charge in [0.1, 0.15) is 0 Å². The SMILES string of the molecule is CC(C)(C)c1ccc2scc(N(c3ccccc3)c3cc(N(c4ccccc4)c4ccccc4)cc(Cl)c3Cl)c2c1. The fourth-order valence-electron chi connectivity index (χ4n) is 5.09. The van der Waals surface area contributed by atoms with Crippen LogP contribution in [-0.2, 0) is 5.41 Å². The molecule has 204 valence electrons. The van der Waals surface area contributed by atoms with Crippen LogP contribution in [0.15, 0.2) is 127 Å². The number of para-hydroxylation sites is 3. The molecule has 0 spiro atoms. The third-order valence-electron chi connectivity index (χ3n) is 7.20. The van der Waals surface area contributed by atoms with Crippen LogP contribution in [0.5, 0.6) is 0 Å². The Morgan fingerprint density at radius 1 is 0.561 bits per heavy atom. The van der Waals surface area contributed by atoms with Gasteiger partial charge in [-0.05, 0) is 71.6 Å². The Hall–Kier alpha value is -3.76. The smallest absolute Gasteiger partial charge is 0.0834 e. The second-order valence-electron chi connectivity index (χ2n) is 11.0. The average Bonchev–Trinajstić information content (AvgIpc) is 3.40. The van der Waals surface area contributed by atoms with Gasteiger partial charge < -0.3 is 9.80 Å². The molecule has 0 saturated heterocycles. The number of thiophene rings is 1. The highest BCUT2D eigenvalue weighted by Crippen LogP contribution is 2.49. The molecular formula is C36H30Cl2N2S. The zero-order valence-corrected chi connectivity index (χ0v) is 25.5. The van der Waals surface area contributed by atoms with Crippen LogP contribution in [0.25, 0.3) is 10.1 Å². The summed E-state index contributed by atoms with van der Waals surface area (Å²) in [5.74, 6) is 0. The van der Waals surface area contributed by atoms with E-state index in [1.807, 2.05) is 48.5 Å². The van der Waals surface area contributed by atoms with Crippen molar-refractivity contribution in [3.05, 3.63) is 142 Å². The van der Waals surface area contributed by atoms with Gasteiger partial charge in [0.25, 0.3) is 0 Å². The lowest BCUT2D eigenvalue weighted by molar-refractivity contribution is 0.591. The van der Waals surface area contributed by atoms with Crippen molar-refractivity contribution >= 4 is 78.7 Å². The molecule has 2 nitrogen and oxygen atoms in total. The minimum absolute atomic E-state index is 0.0255. The van der Waals surface area contributed by atoms with Gasteiger partial charge >= 0.3 is 0 Å². The third kappa shape index (κ3) is 5.46. The van der Waals surface area contributed by atoms with Gasteiger partial charge in [-0.1, -0.05) is 105 Å². The fraction of sp³-hybridized carbons (Fsp3) is 0.111. The molecule has 0 radical (unpaired) electrons. The summed E-state index contributed by atoms with van der Waals surface area (Å²) in [4.78, 5) is 4.44. The summed E-state index contributed by atoms with van der Waals surface area (Å²) < 4.78 is 1.22. The van der Waals surface area contributed by atoms with Crippen molar-refractivity contribution in [2.45, 2.75) is 26.2 Å². The molecule has 5 heteroatoms. The summed E-state index contributed by atoms with van der Waals surface area (Å²) >= 11 is 15.8. The molecular weight excluding hydrogens is 563 g/mol. The van der Waals surface area contributed by atoms with Crippen molar-refractivity contribution in [1.29, 1.82) is 0 Å². The van der Waals surface area contributed by atoms with Gasteiger partial charge in [0, 0.05) is 38.2 Å². The van der Waals surface area contributed by atoms with E-state index in [1.54, 1.807) is 11.3 Å². The van der Waals surface area contributed by atoms with Gasteiger partial charge in [-0.2, -0.15) is 0 Å². The maximum atomic E-state index is 7.09. The second kappa shape index (κ2) is 11.3. The van der Waals surface area contributed by atoms with Gasteiger partial charge in [-0.3, -0.25) is 0 Å². The lowest BCUT2D eigenvalue weighted by Gasteiger charge is -2.30. The summed E-state index contributed by atoms with van der Waals surface area (Å²) in [6, 6.07) is 41.9. The van der Waals surface area contributed by atoms with Crippen LogP contribution in [0, 0.1) is 0 Å². The van der Waals surface area contributed by atoms with E-state index in [2.05, 4.69) is 109 Å². The van der Waals surface area contributed by atoms with Gasteiger partial charge in [-0.25, -0.2) is 0 Å². The molecule has 1 aromatic heterocycles. The van der Waals surface area contributed by atoms with Crippen LogP contribution < -0.4 is 9.80 Å². The number of anilines is 6. The molecule has 0 atom stereocenters. The van der Waals surface area contributed by atoms with E-state index >= 15 is 0 Å². The first-order valence-electron chi connectivity index (χ1n) is 13.6. The normalized spacial score (nSPS) is 11.5. The van der Waals surface area contributed by atoms with E-state index in [1.165, 1.54) is 15.6 Å². The van der Waals surface area contributed by atoms with Gasteiger partial charge in [-0.15, -0.1) is 11.3 Å². The lowest BCUT2D eigenvalue weighted by atomic mass is 9.86. The van der Waals surface area contributed by atoms with Crippen molar-refractivity contribution < 1.29 is 0 Å². The first-order chi connectivity index (χ1) is 19.8. The molecule has 0 aliphatic heterocycles. The predicted molar refractivity (Wildman–Crippen MR) is 180 cm³/mol. The van der Waals surface area contributed by atoms with Crippen molar-refractivity contribution in [3.63, 3.8) is 0 Å². The molecule has 41 heavy (non-hydrogen) atoms. The Bertz CT molecular complexity index is 1750. The van der Waals surface area contributed by atoms with Crippen molar-refractivity contribution in [3.8, 4) is 0 Å². The summed E-state index contributed by atoms with van der Waals surface area (Å²) in [5.41, 5.74) is 7.20. The van der Waals surface area contributed by atoms with Crippen LogP contribution in [0.3, 0.4) is 0 Å². The maximum absolute atomic E-state index is 7.09. The molecule has 5 aromatic carbocycles. The molecule has 0 fully saturated rings. The quantitative estimate of drug-likeness (QED) is 0.190. The highest BCUT2D eigenvalue weighted by atomic mass is 35.5.